The number of hydrogen-bond acceptors (Lipinski definition) is 2. The van der Waals surface area contributed by atoms with E-state index in [1.807, 2.05) is 18.8 Å². The van der Waals surface area contributed by atoms with Crippen LogP contribution in [0.4, 0.5) is 0 Å². The summed E-state index contributed by atoms with van der Waals surface area (Å²) in [6.07, 6.45) is 0. The Balaban J connectivity index is 2.61. The van der Waals surface area contributed by atoms with Gasteiger partial charge in [-0.3, -0.25) is 4.68 Å². The van der Waals surface area contributed by atoms with Crippen molar-refractivity contribution in [3.05, 3.63) is 41.2 Å². The molecule has 3 heteroatoms. The second-order valence-electron chi connectivity index (χ2n) is 4.38. The third-order valence-electron chi connectivity index (χ3n) is 3.17. The molecule has 0 bridgehead atoms. The van der Waals surface area contributed by atoms with E-state index in [2.05, 4.69) is 48.5 Å². The SMILES string of the molecule is CNCc1nn(C)c(C)c1-c1ccccc1C. The van der Waals surface area contributed by atoms with E-state index in [0.717, 1.165) is 12.2 Å². The molecule has 0 aliphatic heterocycles. The van der Waals surface area contributed by atoms with E-state index in [0.29, 0.717) is 0 Å². The Kier molecular flexibility index (Phi) is 3.29. The highest BCUT2D eigenvalue weighted by Gasteiger charge is 2.15. The fourth-order valence-corrected chi connectivity index (χ4v) is 2.17. The van der Waals surface area contributed by atoms with Gasteiger partial charge in [-0.2, -0.15) is 5.10 Å². The molecule has 0 saturated carbocycles. The molecule has 0 saturated heterocycles. The molecule has 1 heterocycles. The van der Waals surface area contributed by atoms with Crippen molar-refractivity contribution in [3.63, 3.8) is 0 Å². The summed E-state index contributed by atoms with van der Waals surface area (Å²) in [6, 6.07) is 8.46. The lowest BCUT2D eigenvalue weighted by molar-refractivity contribution is 0.698. The van der Waals surface area contributed by atoms with Crippen molar-refractivity contribution in [3.8, 4) is 11.1 Å². The van der Waals surface area contributed by atoms with Crippen LogP contribution in [0.3, 0.4) is 0 Å². The van der Waals surface area contributed by atoms with Crippen LogP contribution in [0.15, 0.2) is 24.3 Å². The minimum atomic E-state index is 0.797. The third kappa shape index (κ3) is 2.11. The minimum Gasteiger partial charge on any atom is -0.314 e. The fraction of sp³-hybridized carbons (Fsp3) is 0.357. The third-order valence-corrected chi connectivity index (χ3v) is 3.17. The number of nitrogens with one attached hydrogen (secondary N) is 1. The van der Waals surface area contributed by atoms with Crippen molar-refractivity contribution in [2.45, 2.75) is 20.4 Å². The topological polar surface area (TPSA) is 29.9 Å². The maximum atomic E-state index is 4.57. The average molecular weight is 229 g/mol. The monoisotopic (exact) mass is 229 g/mol. The molecule has 1 aromatic heterocycles. The van der Waals surface area contributed by atoms with Crippen LogP contribution < -0.4 is 5.32 Å². The number of benzene rings is 1. The van der Waals surface area contributed by atoms with Crippen molar-refractivity contribution in [1.82, 2.24) is 15.1 Å². The summed E-state index contributed by atoms with van der Waals surface area (Å²) < 4.78 is 1.95. The molecule has 0 spiro atoms. The van der Waals surface area contributed by atoms with Gasteiger partial charge >= 0.3 is 0 Å². The van der Waals surface area contributed by atoms with E-state index in [1.165, 1.54) is 22.4 Å². The van der Waals surface area contributed by atoms with Gasteiger partial charge in [0.1, 0.15) is 0 Å². The molecule has 1 aromatic carbocycles. The molecule has 0 radical (unpaired) electrons. The molecule has 0 amide bonds. The summed E-state index contributed by atoms with van der Waals surface area (Å²) in [5.74, 6) is 0. The van der Waals surface area contributed by atoms with Crippen LogP contribution in [0, 0.1) is 13.8 Å². The summed E-state index contributed by atoms with van der Waals surface area (Å²) in [6.45, 7) is 5.06. The highest BCUT2D eigenvalue weighted by atomic mass is 15.3. The van der Waals surface area contributed by atoms with E-state index >= 15 is 0 Å². The Bertz CT molecular complexity index is 526. The average Bonchev–Trinajstić information content (AvgIpc) is 2.57. The van der Waals surface area contributed by atoms with Gasteiger partial charge in [0, 0.05) is 24.8 Å². The summed E-state index contributed by atoms with van der Waals surface area (Å²) >= 11 is 0. The number of aryl methyl sites for hydroxylation is 2. The summed E-state index contributed by atoms with van der Waals surface area (Å²) in [4.78, 5) is 0. The van der Waals surface area contributed by atoms with E-state index in [-0.39, 0.29) is 0 Å². The van der Waals surface area contributed by atoms with Gasteiger partial charge < -0.3 is 5.32 Å². The minimum absolute atomic E-state index is 0.797. The van der Waals surface area contributed by atoms with E-state index < -0.39 is 0 Å². The van der Waals surface area contributed by atoms with E-state index in [9.17, 15) is 0 Å². The van der Waals surface area contributed by atoms with Gasteiger partial charge in [-0.05, 0) is 32.0 Å². The van der Waals surface area contributed by atoms with Gasteiger partial charge in [-0.25, -0.2) is 0 Å². The van der Waals surface area contributed by atoms with Crippen molar-refractivity contribution >= 4 is 0 Å². The summed E-state index contributed by atoms with van der Waals surface area (Å²) in [7, 11) is 3.95. The van der Waals surface area contributed by atoms with Crippen LogP contribution in [-0.4, -0.2) is 16.8 Å². The van der Waals surface area contributed by atoms with E-state index in [1.54, 1.807) is 0 Å². The summed E-state index contributed by atoms with van der Waals surface area (Å²) in [5.41, 5.74) is 6.16. The standard InChI is InChI=1S/C14H19N3/c1-10-7-5-6-8-12(10)14-11(2)17(4)16-13(14)9-15-3/h5-8,15H,9H2,1-4H3. The molecule has 0 fully saturated rings. The summed E-state index contributed by atoms with van der Waals surface area (Å²) in [5, 5.41) is 7.75. The van der Waals surface area contributed by atoms with Gasteiger partial charge in [0.25, 0.3) is 0 Å². The molecule has 0 aliphatic rings. The first kappa shape index (κ1) is 11.9. The van der Waals surface area contributed by atoms with Crippen molar-refractivity contribution < 1.29 is 0 Å². The molecular formula is C14H19N3. The van der Waals surface area contributed by atoms with Gasteiger partial charge in [0.15, 0.2) is 0 Å². The fourth-order valence-electron chi connectivity index (χ4n) is 2.17. The predicted molar refractivity (Wildman–Crippen MR) is 70.9 cm³/mol. The first-order valence-electron chi connectivity index (χ1n) is 5.88. The van der Waals surface area contributed by atoms with Crippen molar-refractivity contribution in [2.75, 3.05) is 7.05 Å². The molecule has 2 rings (SSSR count). The molecule has 0 atom stereocenters. The Hall–Kier alpha value is -1.61. The second kappa shape index (κ2) is 4.72. The van der Waals surface area contributed by atoms with Crippen LogP contribution in [0.5, 0.6) is 0 Å². The van der Waals surface area contributed by atoms with Gasteiger partial charge in [0.2, 0.25) is 0 Å². The zero-order valence-corrected chi connectivity index (χ0v) is 10.9. The van der Waals surface area contributed by atoms with Crippen LogP contribution in [-0.2, 0) is 13.6 Å². The number of rotatable bonds is 3. The largest absolute Gasteiger partial charge is 0.314 e. The van der Waals surface area contributed by atoms with Crippen LogP contribution in [0.2, 0.25) is 0 Å². The molecule has 0 aliphatic carbocycles. The zero-order valence-electron chi connectivity index (χ0n) is 10.9. The lowest BCUT2D eigenvalue weighted by atomic mass is 9.98. The Labute approximate surface area is 102 Å². The predicted octanol–water partition coefficient (Wildman–Crippen LogP) is 2.42. The lowest BCUT2D eigenvalue weighted by Crippen LogP contribution is -2.07. The molecule has 1 N–H and O–H groups in total. The molecule has 2 aromatic rings. The normalized spacial score (nSPS) is 10.8. The van der Waals surface area contributed by atoms with Crippen LogP contribution in [0.25, 0.3) is 11.1 Å². The van der Waals surface area contributed by atoms with Gasteiger partial charge in [-0.15, -0.1) is 0 Å². The molecule has 90 valence electrons. The highest BCUT2D eigenvalue weighted by Crippen LogP contribution is 2.29. The molecule has 3 nitrogen and oxygen atoms in total. The molecule has 17 heavy (non-hydrogen) atoms. The van der Waals surface area contributed by atoms with Gasteiger partial charge in [-0.1, -0.05) is 24.3 Å². The quantitative estimate of drug-likeness (QED) is 0.876. The Morgan fingerprint density at radius 2 is 1.94 bits per heavy atom. The molecular weight excluding hydrogens is 210 g/mol. The number of nitrogens with zero attached hydrogens (tertiary/aromatic N) is 2. The first-order valence-corrected chi connectivity index (χ1v) is 5.88. The Morgan fingerprint density at radius 1 is 1.24 bits per heavy atom. The second-order valence-corrected chi connectivity index (χ2v) is 4.38. The highest BCUT2D eigenvalue weighted by molar-refractivity contribution is 5.71. The number of hydrogen-bond donors (Lipinski definition) is 1. The molecule has 0 unspecified atom stereocenters. The Morgan fingerprint density at radius 3 is 2.59 bits per heavy atom. The smallest absolute Gasteiger partial charge is 0.0843 e. The van der Waals surface area contributed by atoms with Crippen LogP contribution in [0.1, 0.15) is 17.0 Å². The van der Waals surface area contributed by atoms with Crippen LogP contribution >= 0.6 is 0 Å². The van der Waals surface area contributed by atoms with Gasteiger partial charge in [0.05, 0.1) is 5.69 Å². The maximum absolute atomic E-state index is 4.57. The van der Waals surface area contributed by atoms with Crippen molar-refractivity contribution in [1.29, 1.82) is 0 Å². The lowest BCUT2D eigenvalue weighted by Gasteiger charge is -2.07. The van der Waals surface area contributed by atoms with E-state index in [4.69, 9.17) is 0 Å². The maximum Gasteiger partial charge on any atom is 0.0843 e. The first-order chi connectivity index (χ1) is 8.15. The number of aromatic nitrogens is 2. The zero-order chi connectivity index (χ0) is 12.4. The van der Waals surface area contributed by atoms with Crippen molar-refractivity contribution in [2.24, 2.45) is 7.05 Å².